The summed E-state index contributed by atoms with van der Waals surface area (Å²) in [6, 6.07) is 8.05. The van der Waals surface area contributed by atoms with Gasteiger partial charge in [0.25, 0.3) is 5.56 Å². The fraction of sp³-hybridized carbons (Fsp3) is 0.333. The van der Waals surface area contributed by atoms with Gasteiger partial charge in [-0.05, 0) is 43.9 Å². The molecule has 1 atom stereocenters. The number of benzene rings is 1. The normalized spacial score (nSPS) is 11.9. The maximum absolute atomic E-state index is 11.9. The SMILES string of the molecule is C=CCC(Cl)c1ccc(NCCCc2c(C)nc(N)[nH]c2=O)cc1. The Morgan fingerprint density at radius 1 is 1.42 bits per heavy atom. The number of nitrogens with one attached hydrogen (secondary N) is 2. The van der Waals surface area contributed by atoms with Crippen LogP contribution in [0.15, 0.2) is 41.7 Å². The van der Waals surface area contributed by atoms with Crippen molar-refractivity contribution >= 4 is 23.2 Å². The highest BCUT2D eigenvalue weighted by Gasteiger charge is 2.07. The van der Waals surface area contributed by atoms with Gasteiger partial charge in [-0.1, -0.05) is 18.2 Å². The van der Waals surface area contributed by atoms with Gasteiger partial charge in [0.1, 0.15) is 0 Å². The predicted octanol–water partition coefficient (Wildman–Crippen LogP) is 3.56. The van der Waals surface area contributed by atoms with Crippen LogP contribution in [0.4, 0.5) is 11.6 Å². The summed E-state index contributed by atoms with van der Waals surface area (Å²) in [5.74, 6) is 0.161. The first-order valence-corrected chi connectivity index (χ1v) is 8.39. The number of nitrogens with zero attached hydrogens (tertiary/aromatic N) is 1. The van der Waals surface area contributed by atoms with E-state index in [0.29, 0.717) is 17.7 Å². The number of allylic oxidation sites excluding steroid dienone is 1. The molecule has 0 aliphatic rings. The van der Waals surface area contributed by atoms with Crippen LogP contribution in [-0.4, -0.2) is 16.5 Å². The first-order chi connectivity index (χ1) is 11.5. The Balaban J connectivity index is 1.84. The van der Waals surface area contributed by atoms with Gasteiger partial charge in [-0.25, -0.2) is 4.98 Å². The van der Waals surface area contributed by atoms with Crippen LogP contribution in [0.5, 0.6) is 0 Å². The minimum atomic E-state index is -0.153. The lowest BCUT2D eigenvalue weighted by Gasteiger charge is -2.10. The number of aromatic amines is 1. The molecule has 5 nitrogen and oxygen atoms in total. The van der Waals surface area contributed by atoms with Gasteiger partial charge >= 0.3 is 0 Å². The smallest absolute Gasteiger partial charge is 0.255 e. The van der Waals surface area contributed by atoms with Crippen molar-refractivity contribution < 1.29 is 0 Å². The molecule has 0 amide bonds. The van der Waals surface area contributed by atoms with E-state index < -0.39 is 0 Å². The van der Waals surface area contributed by atoms with Crippen molar-refractivity contribution in [1.82, 2.24) is 9.97 Å². The number of aromatic nitrogens is 2. The number of nitrogens with two attached hydrogens (primary N) is 1. The predicted molar refractivity (Wildman–Crippen MR) is 101 cm³/mol. The highest BCUT2D eigenvalue weighted by molar-refractivity contribution is 6.20. The summed E-state index contributed by atoms with van der Waals surface area (Å²) in [6.45, 7) is 6.27. The van der Waals surface area contributed by atoms with Crippen LogP contribution < -0.4 is 16.6 Å². The molecule has 1 unspecified atom stereocenters. The molecule has 6 heteroatoms. The molecule has 128 valence electrons. The Morgan fingerprint density at radius 2 is 2.12 bits per heavy atom. The van der Waals surface area contributed by atoms with Crippen LogP contribution in [0.1, 0.15) is 35.0 Å². The van der Waals surface area contributed by atoms with Crippen LogP contribution in [0.3, 0.4) is 0 Å². The lowest BCUT2D eigenvalue weighted by atomic mass is 10.1. The molecule has 2 aromatic rings. The maximum Gasteiger partial charge on any atom is 0.255 e. The highest BCUT2D eigenvalue weighted by atomic mass is 35.5. The van der Waals surface area contributed by atoms with Gasteiger partial charge in [-0.3, -0.25) is 9.78 Å². The zero-order valence-electron chi connectivity index (χ0n) is 13.8. The van der Waals surface area contributed by atoms with E-state index in [4.69, 9.17) is 17.3 Å². The number of halogens is 1. The second kappa shape index (κ2) is 8.55. The van der Waals surface area contributed by atoms with E-state index in [0.717, 1.165) is 30.6 Å². The number of anilines is 2. The van der Waals surface area contributed by atoms with Crippen LogP contribution in [0, 0.1) is 6.92 Å². The summed E-state index contributed by atoms with van der Waals surface area (Å²) < 4.78 is 0. The number of H-pyrrole nitrogens is 1. The number of hydrogen-bond acceptors (Lipinski definition) is 4. The molecule has 0 fully saturated rings. The van der Waals surface area contributed by atoms with E-state index in [1.807, 2.05) is 30.3 Å². The molecule has 0 saturated carbocycles. The minimum absolute atomic E-state index is 0.0377. The summed E-state index contributed by atoms with van der Waals surface area (Å²) in [5.41, 5.74) is 8.86. The molecule has 0 bridgehead atoms. The van der Waals surface area contributed by atoms with Gasteiger partial charge in [-0.15, -0.1) is 18.2 Å². The number of hydrogen-bond donors (Lipinski definition) is 3. The first-order valence-electron chi connectivity index (χ1n) is 7.95. The number of alkyl halides is 1. The third-order valence-corrected chi connectivity index (χ3v) is 4.25. The van der Waals surface area contributed by atoms with Gasteiger partial charge in [0.05, 0.1) is 5.38 Å². The van der Waals surface area contributed by atoms with E-state index in [1.54, 1.807) is 6.92 Å². The van der Waals surface area contributed by atoms with Crippen LogP contribution >= 0.6 is 11.6 Å². The molecule has 0 radical (unpaired) electrons. The number of rotatable bonds is 8. The standard InChI is InChI=1S/C18H23ClN4O/c1-3-5-16(19)13-7-9-14(10-8-13)21-11-4-6-15-12(2)22-18(20)23-17(15)24/h3,7-10,16,21H,1,4-6,11H2,2H3,(H3,20,22,23,24). The Kier molecular flexibility index (Phi) is 6.44. The maximum atomic E-state index is 11.9. The zero-order valence-corrected chi connectivity index (χ0v) is 14.6. The molecule has 0 saturated heterocycles. The molecular formula is C18H23ClN4O. The largest absolute Gasteiger partial charge is 0.385 e. The molecule has 24 heavy (non-hydrogen) atoms. The summed E-state index contributed by atoms with van der Waals surface area (Å²) in [4.78, 5) is 18.5. The molecule has 4 N–H and O–H groups in total. The van der Waals surface area contributed by atoms with Crippen molar-refractivity contribution in [1.29, 1.82) is 0 Å². The van der Waals surface area contributed by atoms with E-state index in [-0.39, 0.29) is 16.9 Å². The Labute approximate surface area is 147 Å². The Hall–Kier alpha value is -2.27. The lowest BCUT2D eigenvalue weighted by molar-refractivity contribution is 0.830. The van der Waals surface area contributed by atoms with Crippen molar-refractivity contribution in [3.63, 3.8) is 0 Å². The van der Waals surface area contributed by atoms with Crippen molar-refractivity contribution in [2.75, 3.05) is 17.6 Å². The van der Waals surface area contributed by atoms with Crippen LogP contribution in [-0.2, 0) is 6.42 Å². The molecule has 0 spiro atoms. The van der Waals surface area contributed by atoms with E-state index in [9.17, 15) is 4.79 Å². The van der Waals surface area contributed by atoms with Gasteiger partial charge in [0.2, 0.25) is 5.95 Å². The van der Waals surface area contributed by atoms with E-state index in [1.165, 1.54) is 0 Å². The quantitative estimate of drug-likeness (QED) is 0.387. The Morgan fingerprint density at radius 3 is 2.75 bits per heavy atom. The van der Waals surface area contributed by atoms with Gasteiger partial charge < -0.3 is 11.1 Å². The Bertz CT molecular complexity index is 740. The van der Waals surface area contributed by atoms with E-state index in [2.05, 4.69) is 21.9 Å². The van der Waals surface area contributed by atoms with Crippen molar-refractivity contribution in [3.05, 3.63) is 64.1 Å². The third kappa shape index (κ3) is 4.86. The summed E-state index contributed by atoms with van der Waals surface area (Å²) >= 11 is 6.26. The number of aryl methyl sites for hydroxylation is 1. The fourth-order valence-corrected chi connectivity index (χ4v) is 2.79. The first kappa shape index (κ1) is 18.1. The second-order valence-corrected chi connectivity index (χ2v) is 6.19. The highest BCUT2D eigenvalue weighted by Crippen LogP contribution is 2.25. The van der Waals surface area contributed by atoms with Crippen LogP contribution in [0.2, 0.25) is 0 Å². The molecule has 0 aliphatic carbocycles. The van der Waals surface area contributed by atoms with Gasteiger partial charge in [-0.2, -0.15) is 0 Å². The summed E-state index contributed by atoms with van der Waals surface area (Å²) in [6.07, 6.45) is 4.05. The number of nitrogen functional groups attached to an aromatic ring is 1. The fourth-order valence-electron chi connectivity index (χ4n) is 2.52. The molecule has 1 heterocycles. The molecule has 0 aliphatic heterocycles. The third-order valence-electron chi connectivity index (χ3n) is 3.82. The summed E-state index contributed by atoms with van der Waals surface area (Å²) in [7, 11) is 0. The monoisotopic (exact) mass is 346 g/mol. The molecular weight excluding hydrogens is 324 g/mol. The summed E-state index contributed by atoms with van der Waals surface area (Å²) in [5, 5.41) is 3.31. The van der Waals surface area contributed by atoms with Crippen LogP contribution in [0.25, 0.3) is 0 Å². The van der Waals surface area contributed by atoms with Gasteiger partial charge in [0.15, 0.2) is 0 Å². The van der Waals surface area contributed by atoms with Crippen molar-refractivity contribution in [2.24, 2.45) is 0 Å². The molecule has 1 aromatic carbocycles. The van der Waals surface area contributed by atoms with Crippen molar-refractivity contribution in [3.8, 4) is 0 Å². The average Bonchev–Trinajstić information content (AvgIpc) is 2.54. The van der Waals surface area contributed by atoms with E-state index >= 15 is 0 Å². The molecule has 1 aromatic heterocycles. The molecule has 2 rings (SSSR count). The second-order valence-electron chi connectivity index (χ2n) is 5.66. The van der Waals surface area contributed by atoms with Crippen molar-refractivity contribution in [2.45, 2.75) is 31.6 Å². The minimum Gasteiger partial charge on any atom is -0.385 e. The topological polar surface area (TPSA) is 83.8 Å². The zero-order chi connectivity index (χ0) is 17.5. The lowest BCUT2D eigenvalue weighted by Crippen LogP contribution is -2.19. The van der Waals surface area contributed by atoms with Gasteiger partial charge in [0, 0.05) is 23.5 Å². The average molecular weight is 347 g/mol.